The highest BCUT2D eigenvalue weighted by Gasteiger charge is 2.24. The molecule has 5 aromatic rings. The van der Waals surface area contributed by atoms with Crippen LogP contribution in [0.15, 0.2) is 109 Å². The van der Waals surface area contributed by atoms with Gasteiger partial charge < -0.3 is 18.8 Å². The molecule has 2 atom stereocenters. The van der Waals surface area contributed by atoms with Crippen LogP contribution in [0.1, 0.15) is 11.1 Å². The molecule has 0 aliphatic heterocycles. The zero-order valence-electron chi connectivity index (χ0n) is 19.2. The molecular formula is C28H24O6P2. The van der Waals surface area contributed by atoms with Gasteiger partial charge in [-0.25, -0.2) is 9.13 Å². The van der Waals surface area contributed by atoms with E-state index in [2.05, 4.69) is 0 Å². The van der Waals surface area contributed by atoms with E-state index in [0.717, 1.165) is 21.5 Å². The van der Waals surface area contributed by atoms with Crippen LogP contribution in [-0.4, -0.2) is 9.79 Å². The molecule has 0 radical (unpaired) electrons. The summed E-state index contributed by atoms with van der Waals surface area (Å²) in [6, 6.07) is 32.5. The molecule has 8 heteroatoms. The van der Waals surface area contributed by atoms with E-state index in [1.54, 1.807) is 48.5 Å². The molecule has 5 rings (SSSR count). The summed E-state index contributed by atoms with van der Waals surface area (Å²) >= 11 is 0. The summed E-state index contributed by atoms with van der Waals surface area (Å²) in [5.74, 6) is 0.645. The maximum atomic E-state index is 12.7. The van der Waals surface area contributed by atoms with E-state index in [-0.39, 0.29) is 12.3 Å². The van der Waals surface area contributed by atoms with E-state index < -0.39 is 15.2 Å². The second kappa shape index (κ2) is 9.93. The van der Waals surface area contributed by atoms with Crippen LogP contribution in [-0.2, 0) is 21.5 Å². The average Bonchev–Trinajstić information content (AvgIpc) is 2.84. The normalized spacial score (nSPS) is 14.7. The second-order valence-electron chi connectivity index (χ2n) is 8.61. The molecule has 0 aliphatic rings. The summed E-state index contributed by atoms with van der Waals surface area (Å²) in [7, 11) is -7.93. The van der Waals surface area contributed by atoms with Crippen molar-refractivity contribution >= 4 is 36.7 Å². The molecule has 2 unspecified atom stereocenters. The molecule has 0 saturated heterocycles. The molecule has 0 amide bonds. The van der Waals surface area contributed by atoms with Gasteiger partial charge in [0, 0.05) is 0 Å². The van der Waals surface area contributed by atoms with Crippen LogP contribution in [0.25, 0.3) is 21.5 Å². The molecule has 182 valence electrons. The fourth-order valence-electron chi connectivity index (χ4n) is 4.05. The molecule has 0 bridgehead atoms. The lowest BCUT2D eigenvalue weighted by molar-refractivity contribution is 0.376. The van der Waals surface area contributed by atoms with Crippen molar-refractivity contribution in [2.24, 2.45) is 0 Å². The number of fused-ring (bicyclic) bond motifs is 2. The van der Waals surface area contributed by atoms with Crippen molar-refractivity contribution in [3.05, 3.63) is 120 Å². The Labute approximate surface area is 208 Å². The third-order valence-electron chi connectivity index (χ3n) is 5.73. The van der Waals surface area contributed by atoms with Crippen LogP contribution in [0.5, 0.6) is 11.5 Å². The first-order valence-electron chi connectivity index (χ1n) is 11.3. The van der Waals surface area contributed by atoms with Crippen molar-refractivity contribution < 1.29 is 28.0 Å². The predicted molar refractivity (Wildman–Crippen MR) is 143 cm³/mol. The van der Waals surface area contributed by atoms with Crippen LogP contribution in [0.3, 0.4) is 0 Å². The summed E-state index contributed by atoms with van der Waals surface area (Å²) in [6.07, 6.45) is -0.380. The Morgan fingerprint density at radius 3 is 1.25 bits per heavy atom. The van der Waals surface area contributed by atoms with Gasteiger partial charge in [0.15, 0.2) is 0 Å². The van der Waals surface area contributed by atoms with Crippen molar-refractivity contribution in [2.45, 2.75) is 12.3 Å². The van der Waals surface area contributed by atoms with Gasteiger partial charge >= 0.3 is 15.2 Å². The fourth-order valence-corrected chi connectivity index (χ4v) is 6.41. The van der Waals surface area contributed by atoms with E-state index >= 15 is 0 Å². The molecule has 6 nitrogen and oxygen atoms in total. The summed E-state index contributed by atoms with van der Waals surface area (Å²) < 4.78 is 36.3. The fraction of sp³-hybridized carbons (Fsp3) is 0.0714. The van der Waals surface area contributed by atoms with E-state index in [1.807, 2.05) is 60.7 Å². The minimum atomic E-state index is -3.97. The standard InChI is InChI=1S/C28H24O6P2/c29-35(30,33-27-15-13-23-5-1-3-7-25(23)17-27)19-21-9-11-22(12-10-21)20-36(31,32)34-28-16-14-24-6-2-4-8-26(24)18-28/h1-18H,19-20H2,(H,29,30)(H,31,32). The molecule has 0 fully saturated rings. The minimum Gasteiger partial charge on any atom is -0.424 e. The monoisotopic (exact) mass is 518 g/mol. The topological polar surface area (TPSA) is 93.1 Å². The highest BCUT2D eigenvalue weighted by Crippen LogP contribution is 2.48. The molecule has 2 N–H and O–H groups in total. The smallest absolute Gasteiger partial charge is 0.380 e. The van der Waals surface area contributed by atoms with Crippen LogP contribution in [0, 0.1) is 0 Å². The maximum Gasteiger partial charge on any atom is 0.380 e. The van der Waals surface area contributed by atoms with Crippen LogP contribution in [0.4, 0.5) is 0 Å². The first kappa shape index (κ1) is 24.3. The van der Waals surface area contributed by atoms with Crippen LogP contribution < -0.4 is 9.05 Å². The minimum absolute atomic E-state index is 0.190. The van der Waals surface area contributed by atoms with Gasteiger partial charge in [0.1, 0.15) is 11.5 Å². The van der Waals surface area contributed by atoms with Gasteiger partial charge in [-0.1, -0.05) is 84.9 Å². The highest BCUT2D eigenvalue weighted by atomic mass is 31.2. The second-order valence-corrected chi connectivity index (χ2v) is 12.2. The Morgan fingerprint density at radius 1 is 0.500 bits per heavy atom. The molecule has 0 saturated carbocycles. The zero-order valence-corrected chi connectivity index (χ0v) is 21.0. The van der Waals surface area contributed by atoms with Gasteiger partial charge in [-0.15, -0.1) is 0 Å². The predicted octanol–water partition coefficient (Wildman–Crippen LogP) is 7.52. The molecule has 0 aliphatic carbocycles. The van der Waals surface area contributed by atoms with Gasteiger partial charge in [-0.2, -0.15) is 0 Å². The summed E-state index contributed by atoms with van der Waals surface area (Å²) in [6.45, 7) is 0. The molecular weight excluding hydrogens is 494 g/mol. The molecule has 0 spiro atoms. The lowest BCUT2D eigenvalue weighted by Gasteiger charge is -2.15. The van der Waals surface area contributed by atoms with Crippen LogP contribution in [0.2, 0.25) is 0 Å². The maximum absolute atomic E-state index is 12.7. The largest absolute Gasteiger partial charge is 0.424 e. The Hall–Kier alpha value is -3.40. The molecule has 0 aromatic heterocycles. The third-order valence-corrected chi connectivity index (χ3v) is 8.25. The molecule has 36 heavy (non-hydrogen) atoms. The summed E-state index contributed by atoms with van der Waals surface area (Å²) in [4.78, 5) is 20.8. The average molecular weight is 518 g/mol. The third kappa shape index (κ3) is 6.04. The first-order valence-corrected chi connectivity index (χ1v) is 14.9. The van der Waals surface area contributed by atoms with Crippen molar-refractivity contribution in [3.63, 3.8) is 0 Å². The SMILES string of the molecule is O=P(O)(Cc1ccc(CP(=O)(O)Oc2ccc3ccccc3c2)cc1)Oc1ccc2ccccc2c1. The quantitative estimate of drug-likeness (QED) is 0.206. The molecule has 0 heterocycles. The Kier molecular flexibility index (Phi) is 6.70. The van der Waals surface area contributed by atoms with Crippen molar-refractivity contribution in [2.75, 3.05) is 0 Å². The van der Waals surface area contributed by atoms with Crippen LogP contribution >= 0.6 is 15.2 Å². The van der Waals surface area contributed by atoms with Gasteiger partial charge in [0.25, 0.3) is 0 Å². The summed E-state index contributed by atoms with van der Waals surface area (Å²) in [5, 5.41) is 3.86. The first-order chi connectivity index (χ1) is 17.2. The Morgan fingerprint density at radius 2 is 0.861 bits per heavy atom. The van der Waals surface area contributed by atoms with Crippen molar-refractivity contribution in [3.8, 4) is 11.5 Å². The Balaban J connectivity index is 1.22. The summed E-state index contributed by atoms with van der Waals surface area (Å²) in [5.41, 5.74) is 1.15. The number of rotatable bonds is 8. The Bertz CT molecular complexity index is 1510. The number of hydrogen-bond donors (Lipinski definition) is 2. The van der Waals surface area contributed by atoms with Gasteiger partial charge in [-0.3, -0.25) is 0 Å². The van der Waals surface area contributed by atoms with Gasteiger partial charge in [0.05, 0.1) is 12.3 Å². The lowest BCUT2D eigenvalue weighted by Crippen LogP contribution is -1.98. The number of hydrogen-bond acceptors (Lipinski definition) is 4. The van der Waals surface area contributed by atoms with E-state index in [4.69, 9.17) is 9.05 Å². The number of benzene rings is 5. The van der Waals surface area contributed by atoms with E-state index in [9.17, 15) is 18.9 Å². The van der Waals surface area contributed by atoms with Gasteiger partial charge in [0.2, 0.25) is 0 Å². The lowest BCUT2D eigenvalue weighted by atomic mass is 10.1. The molecule has 5 aromatic carbocycles. The van der Waals surface area contributed by atoms with Gasteiger partial charge in [-0.05, 0) is 56.9 Å². The van der Waals surface area contributed by atoms with E-state index in [1.165, 1.54) is 0 Å². The van der Waals surface area contributed by atoms with Crippen molar-refractivity contribution in [1.29, 1.82) is 0 Å². The zero-order chi connectivity index (χ0) is 25.2. The van der Waals surface area contributed by atoms with Crippen molar-refractivity contribution in [1.82, 2.24) is 0 Å². The van der Waals surface area contributed by atoms with E-state index in [0.29, 0.717) is 22.6 Å². The highest BCUT2D eigenvalue weighted by molar-refractivity contribution is 7.52.